The van der Waals surface area contributed by atoms with Gasteiger partial charge in [-0.3, -0.25) is 15.0 Å². The fourth-order valence-corrected chi connectivity index (χ4v) is 2.52. The van der Waals surface area contributed by atoms with Gasteiger partial charge < -0.3 is 5.32 Å². The molecule has 1 fully saturated rings. The Bertz CT molecular complexity index is 418. The summed E-state index contributed by atoms with van der Waals surface area (Å²) in [6, 6.07) is -0.412. The average Bonchev–Trinajstić information content (AvgIpc) is 3.15. The van der Waals surface area contributed by atoms with Gasteiger partial charge in [-0.2, -0.15) is 0 Å². The maximum Gasteiger partial charge on any atom is 0.321 e. The predicted octanol–water partition coefficient (Wildman–Crippen LogP) is 1.74. The van der Waals surface area contributed by atoms with Gasteiger partial charge in [-0.15, -0.1) is 0 Å². The van der Waals surface area contributed by atoms with Crippen molar-refractivity contribution >= 4 is 27.9 Å². The molecule has 0 aromatic rings. The van der Waals surface area contributed by atoms with Crippen molar-refractivity contribution in [2.75, 3.05) is 13.1 Å². The summed E-state index contributed by atoms with van der Waals surface area (Å²) < 4.78 is 1.14. The summed E-state index contributed by atoms with van der Waals surface area (Å²) in [5.41, 5.74) is 1.33. The van der Waals surface area contributed by atoms with E-state index >= 15 is 0 Å². The van der Waals surface area contributed by atoms with Crippen LogP contribution in [-0.2, 0) is 4.79 Å². The highest BCUT2D eigenvalue weighted by molar-refractivity contribution is 9.11. The largest absolute Gasteiger partial charge is 0.335 e. The smallest absolute Gasteiger partial charge is 0.321 e. The van der Waals surface area contributed by atoms with E-state index in [4.69, 9.17) is 0 Å². The van der Waals surface area contributed by atoms with Crippen molar-refractivity contribution in [1.82, 2.24) is 15.5 Å². The number of carbonyl (C=O) groups is 2. The number of nitrogens with zero attached hydrogens (tertiary/aromatic N) is 1. The first kappa shape index (κ1) is 14.5. The lowest BCUT2D eigenvalue weighted by Gasteiger charge is -2.31. The van der Waals surface area contributed by atoms with Crippen molar-refractivity contribution in [2.24, 2.45) is 0 Å². The topological polar surface area (TPSA) is 61.4 Å². The van der Waals surface area contributed by atoms with E-state index in [1.54, 1.807) is 0 Å². The molecule has 19 heavy (non-hydrogen) atoms. The van der Waals surface area contributed by atoms with Crippen LogP contribution in [0.25, 0.3) is 0 Å². The molecule has 1 atom stereocenters. The number of halogens is 1. The van der Waals surface area contributed by atoms with E-state index < -0.39 is 0 Å². The van der Waals surface area contributed by atoms with Crippen LogP contribution in [0.2, 0.25) is 0 Å². The Kier molecular flexibility index (Phi) is 4.62. The number of urea groups is 1. The zero-order valence-electron chi connectivity index (χ0n) is 11.3. The van der Waals surface area contributed by atoms with Crippen LogP contribution < -0.4 is 10.6 Å². The van der Waals surface area contributed by atoms with Crippen molar-refractivity contribution in [3.8, 4) is 0 Å². The van der Waals surface area contributed by atoms with Crippen molar-refractivity contribution in [2.45, 2.75) is 45.2 Å². The number of carbonyl (C=O) groups excluding carboxylic acids is 2. The maximum atomic E-state index is 12.0. The van der Waals surface area contributed by atoms with Crippen molar-refractivity contribution in [3.05, 3.63) is 10.1 Å². The summed E-state index contributed by atoms with van der Waals surface area (Å²) >= 11 is 3.53. The summed E-state index contributed by atoms with van der Waals surface area (Å²) in [4.78, 5) is 25.6. The van der Waals surface area contributed by atoms with E-state index in [1.165, 1.54) is 5.57 Å². The van der Waals surface area contributed by atoms with Crippen LogP contribution in [0.5, 0.6) is 0 Å². The van der Waals surface area contributed by atoms with Gasteiger partial charge >= 0.3 is 6.03 Å². The monoisotopic (exact) mass is 329 g/mol. The minimum absolute atomic E-state index is 0.238. The molecule has 0 aromatic heterocycles. The van der Waals surface area contributed by atoms with Gasteiger partial charge in [0.25, 0.3) is 0 Å². The molecule has 1 heterocycles. The molecule has 0 spiro atoms. The van der Waals surface area contributed by atoms with Gasteiger partial charge in [0.15, 0.2) is 0 Å². The zero-order valence-corrected chi connectivity index (χ0v) is 12.9. The van der Waals surface area contributed by atoms with Crippen LogP contribution in [0.15, 0.2) is 10.1 Å². The Labute approximate surface area is 121 Å². The lowest BCUT2D eigenvalue weighted by atomic mass is 10.1. The van der Waals surface area contributed by atoms with Crippen molar-refractivity contribution in [3.63, 3.8) is 0 Å². The molecule has 0 aromatic carbocycles. The minimum Gasteiger partial charge on any atom is -0.335 e. The van der Waals surface area contributed by atoms with Crippen LogP contribution >= 0.6 is 15.9 Å². The number of rotatable bonds is 3. The normalized spacial score (nSPS) is 22.1. The van der Waals surface area contributed by atoms with E-state index in [1.807, 2.05) is 6.92 Å². The summed E-state index contributed by atoms with van der Waals surface area (Å²) in [5.74, 6) is -0.238. The van der Waals surface area contributed by atoms with Crippen LogP contribution in [0, 0.1) is 0 Å². The van der Waals surface area contributed by atoms with E-state index in [0.717, 1.165) is 36.8 Å². The summed E-state index contributed by atoms with van der Waals surface area (Å²) in [6.07, 6.45) is 2.98. The highest BCUT2D eigenvalue weighted by Gasteiger charge is 2.28. The Morgan fingerprint density at radius 2 is 2.11 bits per heavy atom. The van der Waals surface area contributed by atoms with E-state index in [0.29, 0.717) is 0 Å². The van der Waals surface area contributed by atoms with E-state index in [-0.39, 0.29) is 24.0 Å². The molecular weight excluding hydrogens is 310 g/mol. The molecule has 2 N–H and O–H groups in total. The third kappa shape index (κ3) is 4.04. The molecular formula is C13H20BrN3O2. The van der Waals surface area contributed by atoms with Crippen molar-refractivity contribution < 1.29 is 9.59 Å². The second-order valence-corrected chi connectivity index (χ2v) is 6.28. The molecule has 1 aliphatic carbocycles. The quantitative estimate of drug-likeness (QED) is 0.829. The highest BCUT2D eigenvalue weighted by Crippen LogP contribution is 2.23. The van der Waals surface area contributed by atoms with Crippen LogP contribution in [0.3, 0.4) is 0 Å². The minimum atomic E-state index is -0.373. The SMILES string of the molecule is CC1=C(Br)CN([C@H](C)C(=O)NC(=O)NC2CC2)CC1. The van der Waals surface area contributed by atoms with E-state index in [9.17, 15) is 9.59 Å². The molecule has 106 valence electrons. The Morgan fingerprint density at radius 1 is 1.42 bits per heavy atom. The van der Waals surface area contributed by atoms with Gasteiger partial charge in [0.1, 0.15) is 0 Å². The van der Waals surface area contributed by atoms with Crippen LogP contribution in [0.1, 0.15) is 33.1 Å². The fourth-order valence-electron chi connectivity index (χ4n) is 2.00. The van der Waals surface area contributed by atoms with Gasteiger partial charge in [0.2, 0.25) is 5.91 Å². The summed E-state index contributed by atoms with van der Waals surface area (Å²) in [6.45, 7) is 5.50. The Morgan fingerprint density at radius 3 is 2.68 bits per heavy atom. The molecule has 0 saturated heterocycles. The first-order valence-corrected chi connectivity index (χ1v) is 7.46. The number of amides is 3. The Balaban J connectivity index is 1.83. The molecule has 1 saturated carbocycles. The second-order valence-electron chi connectivity index (χ2n) is 5.32. The maximum absolute atomic E-state index is 12.0. The molecule has 6 heteroatoms. The summed E-state index contributed by atoms with van der Waals surface area (Å²) in [5, 5.41) is 5.16. The third-order valence-corrected chi connectivity index (χ3v) is 4.58. The van der Waals surface area contributed by atoms with Gasteiger partial charge in [0, 0.05) is 23.6 Å². The van der Waals surface area contributed by atoms with Gasteiger partial charge in [-0.05, 0) is 33.1 Å². The lowest BCUT2D eigenvalue weighted by Crippen LogP contribution is -2.51. The second kappa shape index (κ2) is 6.05. The van der Waals surface area contributed by atoms with Gasteiger partial charge in [0.05, 0.1) is 6.04 Å². The first-order chi connectivity index (χ1) is 8.97. The molecule has 2 rings (SSSR count). The first-order valence-electron chi connectivity index (χ1n) is 6.67. The van der Waals surface area contributed by atoms with Crippen LogP contribution in [-0.4, -0.2) is 42.0 Å². The number of nitrogens with one attached hydrogen (secondary N) is 2. The summed E-state index contributed by atoms with van der Waals surface area (Å²) in [7, 11) is 0. The zero-order chi connectivity index (χ0) is 14.0. The molecule has 0 radical (unpaired) electrons. The average molecular weight is 330 g/mol. The number of imide groups is 1. The third-order valence-electron chi connectivity index (χ3n) is 3.66. The molecule has 3 amide bonds. The number of hydrogen-bond donors (Lipinski definition) is 2. The molecule has 0 bridgehead atoms. The van der Waals surface area contributed by atoms with Crippen molar-refractivity contribution in [1.29, 1.82) is 0 Å². The van der Waals surface area contributed by atoms with Crippen LogP contribution in [0.4, 0.5) is 4.79 Å². The standard InChI is InChI=1S/C13H20BrN3O2/c1-8-5-6-17(7-11(8)14)9(2)12(18)16-13(19)15-10-3-4-10/h9-10H,3-7H2,1-2H3,(H2,15,16,18,19)/t9-/m1/s1. The van der Waals surface area contributed by atoms with Gasteiger partial charge in [-0.25, -0.2) is 4.79 Å². The highest BCUT2D eigenvalue weighted by atomic mass is 79.9. The van der Waals surface area contributed by atoms with Gasteiger partial charge in [-0.1, -0.05) is 21.5 Å². The lowest BCUT2D eigenvalue weighted by molar-refractivity contribution is -0.124. The molecule has 0 unspecified atom stereocenters. The molecule has 5 nitrogen and oxygen atoms in total. The molecule has 2 aliphatic rings. The number of hydrogen-bond acceptors (Lipinski definition) is 3. The fraction of sp³-hybridized carbons (Fsp3) is 0.692. The predicted molar refractivity (Wildman–Crippen MR) is 77.0 cm³/mol. The molecule has 1 aliphatic heterocycles. The van der Waals surface area contributed by atoms with E-state index in [2.05, 4.69) is 38.4 Å². The Hall–Kier alpha value is -0.880.